The summed E-state index contributed by atoms with van der Waals surface area (Å²) in [5.74, 6) is 0.804. The summed E-state index contributed by atoms with van der Waals surface area (Å²) >= 11 is 12.0. The predicted octanol–water partition coefficient (Wildman–Crippen LogP) is 2.70. The molecule has 1 atom stereocenters. The Morgan fingerprint density at radius 3 is 3.04 bits per heavy atom. The zero-order valence-electron chi connectivity index (χ0n) is 13.0. The molecule has 2 aromatic rings. The number of rotatable bonds is 4. The van der Waals surface area contributed by atoms with Crippen molar-refractivity contribution in [2.75, 3.05) is 31.6 Å². The number of benzene rings is 1. The Balaban J connectivity index is 1.59. The maximum absolute atomic E-state index is 12.2. The van der Waals surface area contributed by atoms with E-state index in [0.717, 1.165) is 0 Å². The fourth-order valence-electron chi connectivity index (χ4n) is 2.43. The molecule has 0 aliphatic carbocycles. The molecule has 1 aliphatic heterocycles. The molecule has 1 aromatic heterocycles. The van der Waals surface area contributed by atoms with E-state index >= 15 is 0 Å². The Morgan fingerprint density at radius 1 is 1.46 bits per heavy atom. The normalized spacial score (nSPS) is 18.5. The van der Waals surface area contributed by atoms with Crippen molar-refractivity contribution < 1.29 is 14.1 Å². The molecule has 9 heteroatoms. The number of nitrogens with zero attached hydrogens (tertiary/aromatic N) is 3. The van der Waals surface area contributed by atoms with Crippen LogP contribution in [0.5, 0.6) is 0 Å². The lowest BCUT2D eigenvalue weighted by molar-refractivity contribution is -0.119. The van der Waals surface area contributed by atoms with Crippen molar-refractivity contribution in [1.29, 1.82) is 0 Å². The Labute approximate surface area is 148 Å². The molecule has 1 aromatic carbocycles. The minimum atomic E-state index is -0.307. The lowest BCUT2D eigenvalue weighted by Gasteiger charge is -2.30. The number of ether oxygens (including phenoxy) is 1. The van der Waals surface area contributed by atoms with E-state index in [1.807, 2.05) is 4.90 Å². The van der Waals surface area contributed by atoms with Crippen LogP contribution in [0.3, 0.4) is 0 Å². The largest absolute Gasteiger partial charge is 0.367 e. The van der Waals surface area contributed by atoms with Crippen molar-refractivity contribution in [2.45, 2.75) is 13.0 Å². The second kappa shape index (κ2) is 7.48. The van der Waals surface area contributed by atoms with Gasteiger partial charge in [-0.3, -0.25) is 9.69 Å². The van der Waals surface area contributed by atoms with Crippen LogP contribution in [0.1, 0.15) is 17.8 Å². The van der Waals surface area contributed by atoms with Gasteiger partial charge in [0.25, 0.3) is 0 Å². The van der Waals surface area contributed by atoms with Gasteiger partial charge in [-0.1, -0.05) is 28.4 Å². The van der Waals surface area contributed by atoms with E-state index in [4.69, 9.17) is 32.5 Å². The van der Waals surface area contributed by atoms with Gasteiger partial charge in [-0.25, -0.2) is 0 Å². The molecule has 0 bridgehead atoms. The van der Waals surface area contributed by atoms with E-state index < -0.39 is 0 Å². The van der Waals surface area contributed by atoms with Crippen LogP contribution >= 0.6 is 23.2 Å². The smallest absolute Gasteiger partial charge is 0.238 e. The number of carbonyl (C=O) groups excluding carboxylic acids is 1. The first-order valence-corrected chi connectivity index (χ1v) is 8.16. The molecule has 0 radical (unpaired) electrons. The van der Waals surface area contributed by atoms with Crippen molar-refractivity contribution in [1.82, 2.24) is 15.0 Å². The molecule has 0 saturated carbocycles. The molecule has 0 spiro atoms. The Bertz CT molecular complexity index is 737. The van der Waals surface area contributed by atoms with E-state index in [1.165, 1.54) is 0 Å². The Hall–Kier alpha value is -1.67. The molecule has 7 nitrogen and oxygen atoms in total. The first-order chi connectivity index (χ1) is 11.5. The third-order valence-electron chi connectivity index (χ3n) is 3.55. The monoisotopic (exact) mass is 370 g/mol. The first-order valence-electron chi connectivity index (χ1n) is 7.40. The van der Waals surface area contributed by atoms with Gasteiger partial charge in [-0.05, 0) is 18.2 Å². The third-order valence-corrected chi connectivity index (χ3v) is 4.12. The number of amides is 1. The number of carbonyl (C=O) groups is 1. The molecule has 128 valence electrons. The lowest BCUT2D eigenvalue weighted by Crippen LogP contribution is -2.42. The minimum absolute atomic E-state index is 0.177. The molecule has 2 heterocycles. The van der Waals surface area contributed by atoms with E-state index in [9.17, 15) is 4.79 Å². The fraction of sp³-hybridized carbons (Fsp3) is 0.400. The summed E-state index contributed by atoms with van der Waals surface area (Å²) in [4.78, 5) is 18.4. The molecule has 1 aliphatic rings. The van der Waals surface area contributed by atoms with Crippen LogP contribution < -0.4 is 5.32 Å². The van der Waals surface area contributed by atoms with E-state index in [1.54, 1.807) is 25.1 Å². The summed E-state index contributed by atoms with van der Waals surface area (Å²) in [5, 5.41) is 7.59. The van der Waals surface area contributed by atoms with Gasteiger partial charge in [-0.2, -0.15) is 4.98 Å². The van der Waals surface area contributed by atoms with Gasteiger partial charge in [-0.15, -0.1) is 0 Å². The summed E-state index contributed by atoms with van der Waals surface area (Å²) in [6.45, 7) is 3.57. The molecule has 3 rings (SSSR count). The van der Waals surface area contributed by atoms with Crippen molar-refractivity contribution in [3.05, 3.63) is 40.0 Å². The number of morpholine rings is 1. The van der Waals surface area contributed by atoms with Crippen LogP contribution in [-0.2, 0) is 9.53 Å². The highest BCUT2D eigenvalue weighted by Gasteiger charge is 2.27. The van der Waals surface area contributed by atoms with Crippen LogP contribution in [0.2, 0.25) is 10.0 Å². The van der Waals surface area contributed by atoms with Crippen LogP contribution in [0.15, 0.2) is 22.7 Å². The van der Waals surface area contributed by atoms with Crippen molar-refractivity contribution in [3.63, 3.8) is 0 Å². The van der Waals surface area contributed by atoms with Gasteiger partial charge in [0.2, 0.25) is 17.6 Å². The van der Waals surface area contributed by atoms with Crippen LogP contribution in [0.4, 0.5) is 5.69 Å². The van der Waals surface area contributed by atoms with Gasteiger partial charge in [0.05, 0.1) is 23.9 Å². The molecule has 1 fully saturated rings. The quantitative estimate of drug-likeness (QED) is 0.890. The number of aromatic nitrogens is 2. The topological polar surface area (TPSA) is 80.5 Å². The summed E-state index contributed by atoms with van der Waals surface area (Å²) in [6.07, 6.45) is -0.307. The molecular formula is C15H16Cl2N4O3. The molecule has 1 amide bonds. The average Bonchev–Trinajstić information content (AvgIpc) is 2.98. The zero-order chi connectivity index (χ0) is 17.1. The summed E-state index contributed by atoms with van der Waals surface area (Å²) < 4.78 is 10.6. The maximum Gasteiger partial charge on any atom is 0.238 e. The molecular weight excluding hydrogens is 355 g/mol. The number of anilines is 1. The Morgan fingerprint density at radius 2 is 2.29 bits per heavy atom. The average molecular weight is 371 g/mol. The van der Waals surface area contributed by atoms with Gasteiger partial charge in [0.1, 0.15) is 6.10 Å². The molecule has 1 unspecified atom stereocenters. The van der Waals surface area contributed by atoms with E-state index in [0.29, 0.717) is 47.1 Å². The number of aryl methyl sites for hydroxylation is 1. The number of halogens is 2. The van der Waals surface area contributed by atoms with Gasteiger partial charge < -0.3 is 14.6 Å². The molecule has 1 saturated heterocycles. The Kier molecular flexibility index (Phi) is 5.35. The lowest BCUT2D eigenvalue weighted by atomic mass is 10.2. The van der Waals surface area contributed by atoms with Crippen molar-refractivity contribution in [2.24, 2.45) is 0 Å². The number of hydrogen-bond donors (Lipinski definition) is 1. The maximum atomic E-state index is 12.2. The summed E-state index contributed by atoms with van der Waals surface area (Å²) in [6, 6.07) is 4.92. The zero-order valence-corrected chi connectivity index (χ0v) is 14.5. The highest BCUT2D eigenvalue weighted by Crippen LogP contribution is 2.25. The summed E-state index contributed by atoms with van der Waals surface area (Å²) in [5.41, 5.74) is 0.493. The highest BCUT2D eigenvalue weighted by molar-refractivity contribution is 6.35. The first kappa shape index (κ1) is 17.2. The highest BCUT2D eigenvalue weighted by atomic mass is 35.5. The van der Waals surface area contributed by atoms with Crippen molar-refractivity contribution >= 4 is 34.8 Å². The van der Waals surface area contributed by atoms with E-state index in [2.05, 4.69) is 15.5 Å². The summed E-state index contributed by atoms with van der Waals surface area (Å²) in [7, 11) is 0. The minimum Gasteiger partial charge on any atom is -0.367 e. The van der Waals surface area contributed by atoms with Gasteiger partial charge in [0.15, 0.2) is 0 Å². The number of nitrogens with one attached hydrogen (secondary N) is 1. The van der Waals surface area contributed by atoms with Gasteiger partial charge >= 0.3 is 0 Å². The fourth-order valence-corrected chi connectivity index (χ4v) is 2.77. The van der Waals surface area contributed by atoms with E-state index in [-0.39, 0.29) is 18.6 Å². The van der Waals surface area contributed by atoms with Gasteiger partial charge in [0, 0.05) is 25.0 Å². The van der Waals surface area contributed by atoms with Crippen LogP contribution in [0.25, 0.3) is 0 Å². The predicted molar refractivity (Wildman–Crippen MR) is 89.3 cm³/mol. The molecule has 24 heavy (non-hydrogen) atoms. The second-order valence-corrected chi connectivity index (χ2v) is 6.28. The van der Waals surface area contributed by atoms with Crippen molar-refractivity contribution in [3.8, 4) is 0 Å². The third kappa shape index (κ3) is 4.24. The number of hydrogen-bond acceptors (Lipinski definition) is 6. The molecule has 1 N–H and O–H groups in total. The van der Waals surface area contributed by atoms with Crippen LogP contribution in [-0.4, -0.2) is 47.2 Å². The standard InChI is InChI=1S/C15H16Cl2N4O3/c1-9-18-15(20-24-9)13-7-21(4-5-23-13)8-14(22)19-12-6-10(16)2-3-11(12)17/h2-3,6,13H,4-5,7-8H2,1H3,(H,19,22). The second-order valence-electron chi connectivity index (χ2n) is 5.44. The van der Waals surface area contributed by atoms with Crippen LogP contribution in [0, 0.1) is 6.92 Å². The SMILES string of the molecule is Cc1nc(C2CN(CC(=O)Nc3cc(Cl)ccc3Cl)CCO2)no1.